The lowest BCUT2D eigenvalue weighted by Gasteiger charge is -2.62. The Labute approximate surface area is 154 Å². The predicted molar refractivity (Wildman–Crippen MR) is 101 cm³/mol. The number of hydrogen-bond donors (Lipinski definition) is 1. The van der Waals surface area contributed by atoms with Crippen LogP contribution >= 0.6 is 0 Å². The van der Waals surface area contributed by atoms with E-state index >= 15 is 0 Å². The van der Waals surface area contributed by atoms with Crippen molar-refractivity contribution in [2.24, 2.45) is 46.3 Å². The molecular weight excluding hydrogens is 308 g/mol. The zero-order valence-electron chi connectivity index (χ0n) is 16.8. The topological polar surface area (TPSA) is 37.3 Å². The van der Waals surface area contributed by atoms with Gasteiger partial charge in [0.25, 0.3) is 0 Å². The molecule has 2 heteroatoms. The van der Waals surface area contributed by atoms with Gasteiger partial charge in [0.15, 0.2) is 0 Å². The molecule has 0 heterocycles. The summed E-state index contributed by atoms with van der Waals surface area (Å²) in [6.07, 6.45) is 10.6. The molecule has 0 aromatic heterocycles. The SMILES string of the molecule is CC(O)C[C@@H]1CC[C@H]2[C@@H]3CC[C@H]4CC(=O)C[C@H](C)[C@]4(C)[C@H]3CC[C@]12C. The van der Waals surface area contributed by atoms with Gasteiger partial charge in [-0.05, 0) is 98.2 Å². The first-order valence-electron chi connectivity index (χ1n) is 11.0. The lowest BCUT2D eigenvalue weighted by molar-refractivity contribution is -0.152. The molecule has 142 valence electrons. The maximum absolute atomic E-state index is 12.2. The van der Waals surface area contributed by atoms with Gasteiger partial charge in [-0.25, -0.2) is 0 Å². The number of ketones is 1. The van der Waals surface area contributed by atoms with Crippen LogP contribution in [0.3, 0.4) is 0 Å². The highest BCUT2D eigenvalue weighted by atomic mass is 16.3. The van der Waals surface area contributed by atoms with E-state index in [9.17, 15) is 9.90 Å². The summed E-state index contributed by atoms with van der Waals surface area (Å²) in [5, 5.41) is 9.97. The predicted octanol–water partition coefficient (Wildman–Crippen LogP) is 5.23. The van der Waals surface area contributed by atoms with Crippen LogP contribution in [0.2, 0.25) is 0 Å². The van der Waals surface area contributed by atoms with E-state index in [0.29, 0.717) is 34.4 Å². The number of hydrogen-bond acceptors (Lipinski definition) is 2. The van der Waals surface area contributed by atoms with Gasteiger partial charge >= 0.3 is 0 Å². The van der Waals surface area contributed by atoms with E-state index in [1.54, 1.807) is 0 Å². The van der Waals surface area contributed by atoms with E-state index < -0.39 is 0 Å². The summed E-state index contributed by atoms with van der Waals surface area (Å²) in [5.41, 5.74) is 0.843. The van der Waals surface area contributed by atoms with E-state index in [1.165, 1.54) is 38.5 Å². The third-order valence-electron chi connectivity index (χ3n) is 9.86. The molecule has 4 saturated carbocycles. The first-order chi connectivity index (χ1) is 11.8. The first-order valence-corrected chi connectivity index (χ1v) is 11.0. The second kappa shape index (κ2) is 6.08. The van der Waals surface area contributed by atoms with Crippen molar-refractivity contribution >= 4 is 5.78 Å². The van der Waals surface area contributed by atoms with Crippen molar-refractivity contribution in [1.82, 2.24) is 0 Å². The van der Waals surface area contributed by atoms with Gasteiger partial charge in [-0.15, -0.1) is 0 Å². The molecule has 0 aromatic carbocycles. The van der Waals surface area contributed by atoms with Gasteiger partial charge in [-0.1, -0.05) is 20.8 Å². The summed E-state index contributed by atoms with van der Waals surface area (Å²) in [7, 11) is 0. The zero-order valence-corrected chi connectivity index (χ0v) is 16.8. The third kappa shape index (κ3) is 2.57. The summed E-state index contributed by atoms with van der Waals surface area (Å²) in [6, 6.07) is 0. The average molecular weight is 347 g/mol. The maximum Gasteiger partial charge on any atom is 0.133 e. The molecule has 4 rings (SSSR count). The Bertz CT molecular complexity index is 540. The largest absolute Gasteiger partial charge is 0.393 e. The van der Waals surface area contributed by atoms with Crippen LogP contribution in [0.5, 0.6) is 0 Å². The average Bonchev–Trinajstić information content (AvgIpc) is 2.85. The van der Waals surface area contributed by atoms with Crippen molar-refractivity contribution in [3.8, 4) is 0 Å². The van der Waals surface area contributed by atoms with Crippen molar-refractivity contribution < 1.29 is 9.90 Å². The van der Waals surface area contributed by atoms with Gasteiger partial charge in [0, 0.05) is 12.8 Å². The minimum atomic E-state index is -0.157. The van der Waals surface area contributed by atoms with E-state index in [-0.39, 0.29) is 6.10 Å². The molecule has 0 aromatic rings. The van der Waals surface area contributed by atoms with Gasteiger partial charge in [0.05, 0.1) is 6.10 Å². The highest BCUT2D eigenvalue weighted by Gasteiger charge is 2.61. The van der Waals surface area contributed by atoms with Crippen LogP contribution in [0.25, 0.3) is 0 Å². The fraction of sp³-hybridized carbons (Fsp3) is 0.957. The van der Waals surface area contributed by atoms with Crippen LogP contribution in [-0.2, 0) is 4.79 Å². The third-order valence-corrected chi connectivity index (χ3v) is 9.86. The maximum atomic E-state index is 12.2. The molecule has 0 bridgehead atoms. The molecule has 0 saturated heterocycles. The highest BCUT2D eigenvalue weighted by Crippen LogP contribution is 2.68. The van der Waals surface area contributed by atoms with Crippen LogP contribution in [0.1, 0.15) is 85.5 Å². The van der Waals surface area contributed by atoms with E-state index in [0.717, 1.165) is 37.0 Å². The number of carbonyl (C=O) groups excluding carboxylic acids is 1. The Morgan fingerprint density at radius 1 is 1.08 bits per heavy atom. The lowest BCUT2D eigenvalue weighted by Crippen LogP contribution is -2.56. The minimum absolute atomic E-state index is 0.157. The monoisotopic (exact) mass is 346 g/mol. The Kier molecular flexibility index (Phi) is 4.38. The van der Waals surface area contributed by atoms with Gasteiger partial charge in [-0.2, -0.15) is 0 Å². The van der Waals surface area contributed by atoms with E-state index in [2.05, 4.69) is 20.8 Å². The van der Waals surface area contributed by atoms with Crippen molar-refractivity contribution in [3.05, 3.63) is 0 Å². The normalized spacial score (nSPS) is 53.7. The molecule has 1 unspecified atom stereocenters. The Morgan fingerprint density at radius 2 is 1.84 bits per heavy atom. The van der Waals surface area contributed by atoms with E-state index in [1.807, 2.05) is 6.92 Å². The molecule has 1 N–H and O–H groups in total. The molecule has 9 atom stereocenters. The van der Waals surface area contributed by atoms with Gasteiger partial charge in [0.2, 0.25) is 0 Å². The number of aliphatic hydroxyl groups is 1. The van der Waals surface area contributed by atoms with Gasteiger partial charge in [0.1, 0.15) is 5.78 Å². The number of aliphatic hydroxyl groups excluding tert-OH is 1. The summed E-state index contributed by atoms with van der Waals surface area (Å²) in [5.74, 6) is 5.00. The smallest absolute Gasteiger partial charge is 0.133 e. The molecule has 25 heavy (non-hydrogen) atoms. The molecule has 4 fully saturated rings. The standard InChI is InChI=1S/C23H38O2/c1-14-11-18(25)13-17-5-7-19-20-8-6-16(12-15(2)24)22(20,3)10-9-21(19)23(14,17)4/h14-17,19-21,24H,5-13H2,1-4H3/t14-,15?,16-,17-,19-,20-,21-,22+,23-/m0/s1. The first kappa shape index (κ1) is 18.0. The Balaban J connectivity index is 1.60. The molecular formula is C23H38O2. The molecule has 4 aliphatic carbocycles. The van der Waals surface area contributed by atoms with Crippen molar-refractivity contribution in [3.63, 3.8) is 0 Å². The minimum Gasteiger partial charge on any atom is -0.393 e. The fourth-order valence-corrected chi connectivity index (χ4v) is 8.39. The Hall–Kier alpha value is -0.370. The lowest BCUT2D eigenvalue weighted by atomic mass is 9.42. The summed E-state index contributed by atoms with van der Waals surface area (Å²) in [6.45, 7) is 9.44. The van der Waals surface area contributed by atoms with Gasteiger partial charge in [-0.3, -0.25) is 4.79 Å². The molecule has 2 nitrogen and oxygen atoms in total. The summed E-state index contributed by atoms with van der Waals surface area (Å²) in [4.78, 5) is 12.2. The Morgan fingerprint density at radius 3 is 2.56 bits per heavy atom. The quantitative estimate of drug-likeness (QED) is 0.743. The van der Waals surface area contributed by atoms with Crippen molar-refractivity contribution in [1.29, 1.82) is 0 Å². The van der Waals surface area contributed by atoms with Crippen LogP contribution in [0, 0.1) is 46.3 Å². The van der Waals surface area contributed by atoms with Crippen LogP contribution in [0.15, 0.2) is 0 Å². The second-order valence-electron chi connectivity index (χ2n) is 10.8. The number of fused-ring (bicyclic) bond motifs is 5. The summed E-state index contributed by atoms with van der Waals surface area (Å²) < 4.78 is 0. The molecule has 0 radical (unpaired) electrons. The summed E-state index contributed by atoms with van der Waals surface area (Å²) >= 11 is 0. The number of carbonyl (C=O) groups is 1. The second-order valence-corrected chi connectivity index (χ2v) is 10.8. The van der Waals surface area contributed by atoms with Crippen LogP contribution in [-0.4, -0.2) is 17.0 Å². The fourth-order valence-electron chi connectivity index (χ4n) is 8.39. The molecule has 4 aliphatic rings. The van der Waals surface area contributed by atoms with Crippen LogP contribution in [0.4, 0.5) is 0 Å². The van der Waals surface area contributed by atoms with E-state index in [4.69, 9.17) is 0 Å². The van der Waals surface area contributed by atoms with Crippen molar-refractivity contribution in [2.75, 3.05) is 0 Å². The molecule has 0 amide bonds. The molecule has 0 aliphatic heterocycles. The van der Waals surface area contributed by atoms with Gasteiger partial charge < -0.3 is 5.11 Å². The highest BCUT2D eigenvalue weighted by molar-refractivity contribution is 5.80. The van der Waals surface area contributed by atoms with Crippen LogP contribution < -0.4 is 0 Å². The zero-order chi connectivity index (χ0) is 18.0. The number of Topliss-reactive ketones (excluding diaryl/α,β-unsaturated/α-hetero) is 1. The molecule has 0 spiro atoms. The van der Waals surface area contributed by atoms with Crippen molar-refractivity contribution in [2.45, 2.75) is 91.6 Å². The number of rotatable bonds is 2.